The van der Waals surface area contributed by atoms with Crippen LogP contribution in [0, 0.1) is 0 Å². The van der Waals surface area contributed by atoms with Gasteiger partial charge >= 0.3 is 18.2 Å². The first-order chi connectivity index (χ1) is 11.2. The van der Waals surface area contributed by atoms with E-state index in [0.29, 0.717) is 0 Å². The van der Waals surface area contributed by atoms with Crippen LogP contribution in [0.25, 0.3) is 0 Å². The maximum Gasteiger partial charge on any atom is 0.416 e. The van der Waals surface area contributed by atoms with Crippen LogP contribution in [0.2, 0.25) is 0 Å². The first-order valence-electron chi connectivity index (χ1n) is 6.74. The molecule has 2 N–H and O–H groups in total. The molecule has 0 saturated heterocycles. The van der Waals surface area contributed by atoms with Crippen LogP contribution in [-0.4, -0.2) is 24.2 Å². The highest BCUT2D eigenvalue weighted by Gasteiger charge is 2.31. The summed E-state index contributed by atoms with van der Waals surface area (Å²) in [5.41, 5.74) is -0.933. The van der Waals surface area contributed by atoms with Crippen LogP contribution in [0.1, 0.15) is 15.9 Å². The average molecular weight is 338 g/mol. The minimum atomic E-state index is -4.52. The van der Waals surface area contributed by atoms with Gasteiger partial charge in [0.15, 0.2) is 0 Å². The van der Waals surface area contributed by atoms with Crippen molar-refractivity contribution in [3.63, 3.8) is 0 Å². The minimum Gasteiger partial charge on any atom is -0.478 e. The predicted molar refractivity (Wildman–Crippen MR) is 82.3 cm³/mol. The number of aromatic carboxylic acids is 1. The van der Waals surface area contributed by atoms with Crippen molar-refractivity contribution in [2.24, 2.45) is 0 Å². The van der Waals surface area contributed by atoms with Gasteiger partial charge in [-0.15, -0.1) is 0 Å². The Morgan fingerprint density at radius 3 is 2.38 bits per heavy atom. The fourth-order valence-electron chi connectivity index (χ4n) is 1.99. The van der Waals surface area contributed by atoms with Crippen LogP contribution in [0.4, 0.5) is 29.3 Å². The highest BCUT2D eigenvalue weighted by Crippen LogP contribution is 2.31. The number of alkyl halides is 3. The van der Waals surface area contributed by atoms with E-state index in [0.717, 1.165) is 17.0 Å². The molecule has 5 nitrogen and oxygen atoms in total. The molecule has 0 aliphatic rings. The molecule has 0 aliphatic heterocycles. The van der Waals surface area contributed by atoms with Gasteiger partial charge in [-0.25, -0.2) is 9.59 Å². The molecule has 0 spiro atoms. The van der Waals surface area contributed by atoms with Crippen molar-refractivity contribution in [2.75, 3.05) is 17.3 Å². The molecular formula is C16H13F3N2O3. The molecule has 0 bridgehead atoms. The van der Waals surface area contributed by atoms with Crippen molar-refractivity contribution in [2.45, 2.75) is 6.18 Å². The number of carbonyl (C=O) groups is 2. The van der Waals surface area contributed by atoms with E-state index in [-0.39, 0.29) is 16.9 Å². The predicted octanol–water partition coefficient (Wildman–Crippen LogP) is 4.07. The summed E-state index contributed by atoms with van der Waals surface area (Å²) >= 11 is 0. The standard InChI is InChI=1S/C16H13F3N2O3/c1-21(11-6-4-5-10(9-11)16(17,18)19)15(24)20-13-8-3-2-7-12(13)14(22)23/h2-9H,1H3,(H,20,24)(H,22,23). The molecule has 126 valence electrons. The topological polar surface area (TPSA) is 69.6 Å². The molecule has 0 saturated carbocycles. The number of anilines is 2. The van der Waals surface area contributed by atoms with Crippen LogP contribution >= 0.6 is 0 Å². The lowest BCUT2D eigenvalue weighted by Gasteiger charge is -2.20. The fourth-order valence-corrected chi connectivity index (χ4v) is 1.99. The van der Waals surface area contributed by atoms with Gasteiger partial charge in [-0.2, -0.15) is 13.2 Å². The fraction of sp³-hybridized carbons (Fsp3) is 0.125. The summed E-state index contributed by atoms with van der Waals surface area (Å²) in [6, 6.07) is 9.23. The van der Waals surface area contributed by atoms with Crippen molar-refractivity contribution < 1.29 is 27.9 Å². The number of urea groups is 1. The van der Waals surface area contributed by atoms with Crippen LogP contribution < -0.4 is 10.2 Å². The summed E-state index contributed by atoms with van der Waals surface area (Å²) in [7, 11) is 1.29. The van der Waals surface area contributed by atoms with Gasteiger partial charge < -0.3 is 10.4 Å². The first kappa shape index (κ1) is 17.3. The van der Waals surface area contributed by atoms with Crippen LogP contribution in [-0.2, 0) is 6.18 Å². The lowest BCUT2D eigenvalue weighted by atomic mass is 10.1. The molecule has 0 aliphatic carbocycles. The third kappa shape index (κ3) is 3.83. The van der Waals surface area contributed by atoms with Gasteiger partial charge in [0.25, 0.3) is 0 Å². The Labute approximate surface area is 135 Å². The first-order valence-corrected chi connectivity index (χ1v) is 6.74. The smallest absolute Gasteiger partial charge is 0.416 e. The van der Waals surface area contributed by atoms with E-state index in [9.17, 15) is 22.8 Å². The number of amides is 2. The van der Waals surface area contributed by atoms with Gasteiger partial charge in [0.05, 0.1) is 16.8 Å². The number of carboxylic acids is 1. The number of benzene rings is 2. The number of rotatable bonds is 3. The lowest BCUT2D eigenvalue weighted by Crippen LogP contribution is -2.31. The SMILES string of the molecule is CN(C(=O)Nc1ccccc1C(=O)O)c1cccc(C(F)(F)F)c1. The van der Waals surface area contributed by atoms with Crippen molar-refractivity contribution in [1.82, 2.24) is 0 Å². The third-order valence-electron chi connectivity index (χ3n) is 3.26. The average Bonchev–Trinajstić information content (AvgIpc) is 2.53. The maximum absolute atomic E-state index is 12.7. The summed E-state index contributed by atoms with van der Waals surface area (Å²) < 4.78 is 38.2. The molecule has 2 rings (SSSR count). The lowest BCUT2D eigenvalue weighted by molar-refractivity contribution is -0.137. The maximum atomic E-state index is 12.7. The summed E-state index contributed by atoms with van der Waals surface area (Å²) in [5, 5.41) is 11.4. The summed E-state index contributed by atoms with van der Waals surface area (Å²) in [4.78, 5) is 24.3. The normalized spacial score (nSPS) is 11.0. The van der Waals surface area contributed by atoms with E-state index in [4.69, 9.17) is 5.11 Å². The molecule has 2 aromatic carbocycles. The van der Waals surface area contributed by atoms with E-state index in [1.165, 1.54) is 43.4 Å². The Balaban J connectivity index is 2.24. The highest BCUT2D eigenvalue weighted by molar-refractivity contribution is 6.05. The molecule has 24 heavy (non-hydrogen) atoms. The molecule has 2 aromatic rings. The van der Waals surface area contributed by atoms with Crippen LogP contribution in [0.3, 0.4) is 0 Å². The van der Waals surface area contributed by atoms with Gasteiger partial charge in [0, 0.05) is 12.7 Å². The molecule has 0 heterocycles. The summed E-state index contributed by atoms with van der Waals surface area (Å²) in [6.07, 6.45) is -4.52. The van der Waals surface area contributed by atoms with Crippen molar-refractivity contribution in [1.29, 1.82) is 0 Å². The second-order valence-corrected chi connectivity index (χ2v) is 4.89. The number of nitrogens with zero attached hydrogens (tertiary/aromatic N) is 1. The van der Waals surface area contributed by atoms with Crippen LogP contribution in [0.5, 0.6) is 0 Å². The van der Waals surface area contributed by atoms with E-state index < -0.39 is 23.7 Å². The van der Waals surface area contributed by atoms with Crippen LogP contribution in [0.15, 0.2) is 48.5 Å². The number of hydrogen-bond donors (Lipinski definition) is 2. The largest absolute Gasteiger partial charge is 0.478 e. The second-order valence-electron chi connectivity index (χ2n) is 4.89. The van der Waals surface area contributed by atoms with Gasteiger partial charge in [-0.3, -0.25) is 4.90 Å². The quantitative estimate of drug-likeness (QED) is 0.886. The van der Waals surface area contributed by atoms with Gasteiger partial charge in [-0.1, -0.05) is 18.2 Å². The summed E-state index contributed by atoms with van der Waals surface area (Å²) in [5.74, 6) is -1.23. The minimum absolute atomic E-state index is 0.0233. The van der Waals surface area contributed by atoms with E-state index in [1.807, 2.05) is 0 Å². The molecule has 8 heteroatoms. The Morgan fingerprint density at radius 2 is 1.75 bits per heavy atom. The van der Waals surface area contributed by atoms with Crippen molar-refractivity contribution >= 4 is 23.4 Å². The monoisotopic (exact) mass is 338 g/mol. The molecule has 0 radical (unpaired) electrons. The molecule has 0 fully saturated rings. The number of para-hydroxylation sites is 1. The van der Waals surface area contributed by atoms with Crippen molar-refractivity contribution in [3.8, 4) is 0 Å². The van der Waals surface area contributed by atoms with Gasteiger partial charge in [-0.05, 0) is 30.3 Å². The zero-order valence-electron chi connectivity index (χ0n) is 12.5. The highest BCUT2D eigenvalue weighted by atomic mass is 19.4. The third-order valence-corrected chi connectivity index (χ3v) is 3.26. The number of halogens is 3. The van der Waals surface area contributed by atoms with E-state index in [1.54, 1.807) is 0 Å². The molecule has 0 aromatic heterocycles. The zero-order valence-corrected chi connectivity index (χ0v) is 12.5. The van der Waals surface area contributed by atoms with E-state index >= 15 is 0 Å². The molecule has 0 unspecified atom stereocenters. The summed E-state index contributed by atoms with van der Waals surface area (Å²) in [6.45, 7) is 0. The number of carbonyl (C=O) groups excluding carboxylic acids is 1. The zero-order chi connectivity index (χ0) is 17.9. The molecule has 0 atom stereocenters. The molecule has 2 amide bonds. The second kappa shape index (κ2) is 6.61. The van der Waals surface area contributed by atoms with E-state index in [2.05, 4.69) is 5.32 Å². The van der Waals surface area contributed by atoms with Gasteiger partial charge in [0.1, 0.15) is 0 Å². The number of hydrogen-bond acceptors (Lipinski definition) is 2. The van der Waals surface area contributed by atoms with Crippen molar-refractivity contribution in [3.05, 3.63) is 59.7 Å². The molecular weight excluding hydrogens is 325 g/mol. The Morgan fingerprint density at radius 1 is 1.08 bits per heavy atom. The number of carboxylic acid groups (broad SMARTS) is 1. The number of nitrogens with one attached hydrogen (secondary N) is 1. The Kier molecular flexibility index (Phi) is 4.77. The Bertz CT molecular complexity index is 775. The Hall–Kier alpha value is -3.03. The van der Waals surface area contributed by atoms with Gasteiger partial charge in [0.2, 0.25) is 0 Å².